The van der Waals surface area contributed by atoms with Crippen LogP contribution in [0, 0.1) is 8.99 Å². The van der Waals surface area contributed by atoms with E-state index in [9.17, 15) is 18.3 Å². The van der Waals surface area contributed by atoms with E-state index in [0.29, 0.717) is 5.56 Å². The molecule has 8 heteroatoms. The van der Waals surface area contributed by atoms with Crippen LogP contribution in [-0.4, -0.2) is 18.4 Å². The van der Waals surface area contributed by atoms with Crippen LogP contribution in [-0.2, 0) is 17.0 Å². The van der Waals surface area contributed by atoms with Crippen LogP contribution < -0.4 is 0 Å². The number of benzene rings is 1. The molecule has 0 spiro atoms. The van der Waals surface area contributed by atoms with Crippen molar-refractivity contribution in [1.82, 2.24) is 4.98 Å². The number of aliphatic hydroxyl groups is 1. The molecule has 2 atom stereocenters. The van der Waals surface area contributed by atoms with Gasteiger partial charge < -0.3 is 9.53 Å². The molecular weight excluding hydrogens is 594 g/mol. The highest BCUT2D eigenvalue weighted by Crippen LogP contribution is 2.50. The van der Waals surface area contributed by atoms with Crippen molar-refractivity contribution in [2.24, 2.45) is 5.41 Å². The molecule has 0 saturated heterocycles. The lowest BCUT2D eigenvalue weighted by Gasteiger charge is -2.44. The van der Waals surface area contributed by atoms with E-state index < -0.39 is 26.2 Å². The maximum Gasteiger partial charge on any atom is 0.416 e. The van der Waals surface area contributed by atoms with Gasteiger partial charge in [-0.25, -0.2) is 0 Å². The Kier molecular flexibility index (Phi) is 8.19. The molecule has 3 nitrogen and oxygen atoms in total. The zero-order valence-corrected chi connectivity index (χ0v) is 25.9. The molecule has 1 N–H and O–H groups in total. The van der Waals surface area contributed by atoms with Crippen molar-refractivity contribution in [2.45, 2.75) is 104 Å². The molecule has 3 rings (SSSR count). The molecule has 1 aromatic heterocycles. The van der Waals surface area contributed by atoms with Crippen LogP contribution in [0.5, 0.6) is 0 Å². The summed E-state index contributed by atoms with van der Waals surface area (Å²) in [7, 11) is -2.14. The summed E-state index contributed by atoms with van der Waals surface area (Å²) >= 11 is 2.26. The number of hydrogen-bond acceptors (Lipinski definition) is 3. The number of halogens is 4. The van der Waals surface area contributed by atoms with Gasteiger partial charge in [-0.1, -0.05) is 60.6 Å². The molecule has 1 aliphatic rings. The van der Waals surface area contributed by atoms with Gasteiger partial charge in [-0.15, -0.1) is 0 Å². The predicted octanol–water partition coefficient (Wildman–Crippen LogP) is 8.95. The van der Waals surface area contributed by atoms with Crippen molar-refractivity contribution in [1.29, 1.82) is 0 Å². The van der Waals surface area contributed by atoms with Crippen LogP contribution in [0.15, 0.2) is 24.3 Å². The molecule has 0 bridgehead atoms. The van der Waals surface area contributed by atoms with Crippen molar-refractivity contribution in [2.75, 3.05) is 0 Å². The average Bonchev–Trinajstić information content (AvgIpc) is 2.70. The highest BCUT2D eigenvalue weighted by molar-refractivity contribution is 14.1. The summed E-state index contributed by atoms with van der Waals surface area (Å²) in [5, 5.41) is 11.5. The molecule has 1 aliphatic carbocycles. The average molecular weight is 634 g/mol. The Balaban J connectivity index is 2.22. The Morgan fingerprint density at radius 3 is 2.31 bits per heavy atom. The number of aromatic nitrogens is 1. The van der Waals surface area contributed by atoms with Crippen LogP contribution in [0.25, 0.3) is 0 Å². The van der Waals surface area contributed by atoms with Gasteiger partial charge in [-0.3, -0.25) is 4.98 Å². The first kappa shape index (κ1) is 29.6. The molecule has 0 saturated carbocycles. The summed E-state index contributed by atoms with van der Waals surface area (Å²) in [5.74, 6) is -0.0101. The monoisotopic (exact) mass is 633 g/mol. The zero-order valence-electron chi connectivity index (χ0n) is 22.8. The Hall–Kier alpha value is -0.973. The molecule has 0 amide bonds. The van der Waals surface area contributed by atoms with Gasteiger partial charge in [0.05, 0.1) is 17.4 Å². The largest absolute Gasteiger partial charge is 0.416 e. The number of alkyl halides is 3. The lowest BCUT2D eigenvalue weighted by molar-refractivity contribution is -0.137. The van der Waals surface area contributed by atoms with E-state index in [1.807, 2.05) is 13.8 Å². The number of pyridine rings is 1. The third kappa shape index (κ3) is 6.02. The third-order valence-corrected chi connectivity index (χ3v) is 13.3. The normalized spacial score (nSPS) is 19.4. The first-order valence-electron chi connectivity index (χ1n) is 12.5. The fourth-order valence-corrected chi connectivity index (χ4v) is 7.12. The van der Waals surface area contributed by atoms with Crippen molar-refractivity contribution in [3.8, 4) is 0 Å². The fraction of sp³-hybridized carbons (Fsp3) is 0.607. The van der Waals surface area contributed by atoms with E-state index in [-0.39, 0.29) is 28.0 Å². The van der Waals surface area contributed by atoms with Gasteiger partial charge in [0.2, 0.25) is 0 Å². The maximum atomic E-state index is 13.4. The summed E-state index contributed by atoms with van der Waals surface area (Å²) in [4.78, 5) is 5.08. The van der Waals surface area contributed by atoms with E-state index in [0.717, 1.165) is 45.5 Å². The van der Waals surface area contributed by atoms with Crippen LogP contribution in [0.1, 0.15) is 107 Å². The molecule has 0 radical (unpaired) electrons. The highest BCUT2D eigenvalue weighted by Gasteiger charge is 2.44. The molecule has 2 aromatic rings. The zero-order chi connectivity index (χ0) is 27.4. The summed E-state index contributed by atoms with van der Waals surface area (Å²) in [5.41, 5.74) is 2.72. The molecule has 1 aromatic carbocycles. The first-order chi connectivity index (χ1) is 16.2. The minimum Gasteiger partial charge on any atom is -0.410 e. The predicted molar refractivity (Wildman–Crippen MR) is 150 cm³/mol. The van der Waals surface area contributed by atoms with Gasteiger partial charge in [0.1, 0.15) is 6.10 Å². The Morgan fingerprint density at radius 2 is 1.78 bits per heavy atom. The van der Waals surface area contributed by atoms with Crippen LogP contribution >= 0.6 is 22.6 Å². The quantitative estimate of drug-likeness (QED) is 0.264. The molecule has 0 aliphatic heterocycles. The number of rotatable bonds is 5. The molecule has 36 heavy (non-hydrogen) atoms. The van der Waals surface area contributed by atoms with Gasteiger partial charge in [-0.2, -0.15) is 13.2 Å². The molecule has 1 heterocycles. The number of fused-ring (bicyclic) bond motifs is 1. The van der Waals surface area contributed by atoms with E-state index in [4.69, 9.17) is 9.41 Å². The smallest absolute Gasteiger partial charge is 0.410 e. The van der Waals surface area contributed by atoms with Crippen LogP contribution in [0.2, 0.25) is 18.1 Å². The van der Waals surface area contributed by atoms with E-state index in [1.165, 1.54) is 6.07 Å². The van der Waals surface area contributed by atoms with Gasteiger partial charge >= 0.3 is 6.18 Å². The summed E-state index contributed by atoms with van der Waals surface area (Å²) in [6, 6.07) is 4.96. The third-order valence-electron chi connectivity index (χ3n) is 7.61. The van der Waals surface area contributed by atoms with Crippen molar-refractivity contribution < 1.29 is 22.7 Å². The summed E-state index contributed by atoms with van der Waals surface area (Å²) in [6.45, 7) is 19.6. The van der Waals surface area contributed by atoms with Crippen LogP contribution in [0.4, 0.5) is 13.2 Å². The summed E-state index contributed by atoms with van der Waals surface area (Å²) in [6.07, 6.45) is -4.28. The lowest BCUT2D eigenvalue weighted by Crippen LogP contribution is -2.44. The fourth-order valence-electron chi connectivity index (χ4n) is 4.63. The molecule has 0 unspecified atom stereocenters. The highest BCUT2D eigenvalue weighted by atomic mass is 127. The Labute approximate surface area is 228 Å². The van der Waals surface area contributed by atoms with Gasteiger partial charge in [0, 0.05) is 20.4 Å². The van der Waals surface area contributed by atoms with Crippen molar-refractivity contribution in [3.63, 3.8) is 0 Å². The second kappa shape index (κ2) is 9.97. The van der Waals surface area contributed by atoms with Gasteiger partial charge in [0.25, 0.3) is 0 Å². The Morgan fingerprint density at radius 1 is 1.17 bits per heavy atom. The minimum absolute atomic E-state index is 0.00840. The van der Waals surface area contributed by atoms with Gasteiger partial charge in [-0.05, 0) is 82.6 Å². The molecule has 0 fully saturated rings. The second-order valence-corrected chi connectivity index (χ2v) is 18.5. The standard InChI is InChI=1S/C28H39F3INO2Si/c1-16(2)24-22(25(34)17-11-10-12-18(13-17)28(29,30)31)23(32)21-19(33-24)14-27(6,7)15-20(21)35-36(8,9)26(3,4)5/h10-13,16,20,25,34H,14-15H2,1-9H3/t20-,25-/m0/s1. The number of nitrogens with zero attached hydrogens (tertiary/aromatic N) is 1. The van der Waals surface area contributed by atoms with E-state index in [1.54, 1.807) is 6.07 Å². The molecule has 200 valence electrons. The lowest BCUT2D eigenvalue weighted by atomic mass is 9.74. The second-order valence-electron chi connectivity index (χ2n) is 12.7. The SMILES string of the molecule is CC(C)c1nc2c(c(I)c1[C@@H](O)c1cccc(C(F)(F)F)c1)[C@@H](O[Si](C)(C)C(C)(C)C)CC(C)(C)C2. The van der Waals surface area contributed by atoms with E-state index in [2.05, 4.69) is 70.3 Å². The number of aliphatic hydroxyl groups excluding tert-OH is 1. The minimum atomic E-state index is -4.48. The Bertz CT molecular complexity index is 1120. The van der Waals surface area contributed by atoms with Gasteiger partial charge in [0.15, 0.2) is 8.32 Å². The summed E-state index contributed by atoms with van der Waals surface area (Å²) < 4.78 is 48.1. The molecular formula is C28H39F3INO2Si. The first-order valence-corrected chi connectivity index (χ1v) is 16.5. The van der Waals surface area contributed by atoms with E-state index >= 15 is 0 Å². The van der Waals surface area contributed by atoms with Crippen LogP contribution in [0.3, 0.4) is 0 Å². The number of hydrogen-bond donors (Lipinski definition) is 1. The van der Waals surface area contributed by atoms with Crippen molar-refractivity contribution in [3.05, 3.63) is 61.5 Å². The van der Waals surface area contributed by atoms with Crippen molar-refractivity contribution >= 4 is 30.9 Å². The topological polar surface area (TPSA) is 42.4 Å². The maximum absolute atomic E-state index is 13.4.